The van der Waals surface area contributed by atoms with Crippen LogP contribution in [0.1, 0.15) is 11.1 Å². The van der Waals surface area contributed by atoms with Crippen LogP contribution in [0.4, 0.5) is 0 Å². The van der Waals surface area contributed by atoms with Crippen LogP contribution in [0.2, 0.25) is 0 Å². The Morgan fingerprint density at radius 2 is 0.929 bits per heavy atom. The number of imidazole rings is 2. The molecule has 0 aliphatic rings. The number of benzene rings is 3. The molecular weight excluding hydrogens is 480 g/mol. The average molecular weight is 500 g/mol. The Balaban J connectivity index is 0.00000112. The van der Waals surface area contributed by atoms with Crippen molar-refractivity contribution < 1.29 is 0 Å². The molecule has 0 bridgehead atoms. The van der Waals surface area contributed by atoms with Crippen LogP contribution < -0.4 is 0 Å². The van der Waals surface area contributed by atoms with Crippen LogP contribution in [-0.4, -0.2) is 19.1 Å². The third-order valence-electron chi connectivity index (χ3n) is 4.85. The van der Waals surface area contributed by atoms with Crippen LogP contribution in [-0.2, 0) is 13.1 Å². The Hall–Kier alpha value is -2.44. The molecule has 0 atom stereocenters. The number of fused-ring (bicyclic) bond motifs is 2. The fourth-order valence-electron chi connectivity index (χ4n) is 3.51. The van der Waals surface area contributed by atoms with Gasteiger partial charge in [0, 0.05) is 13.1 Å². The van der Waals surface area contributed by atoms with E-state index < -0.39 is 0 Å². The van der Waals surface area contributed by atoms with Crippen molar-refractivity contribution in [3.05, 3.63) is 96.6 Å². The summed E-state index contributed by atoms with van der Waals surface area (Å²) in [5, 5.41) is 0. The van der Waals surface area contributed by atoms with Crippen molar-refractivity contribution in [2.45, 2.75) is 13.1 Å². The first-order valence-electron chi connectivity index (χ1n) is 8.75. The van der Waals surface area contributed by atoms with Gasteiger partial charge in [0.15, 0.2) is 0 Å². The van der Waals surface area contributed by atoms with Gasteiger partial charge in [-0.05, 0) is 35.4 Å². The minimum atomic E-state index is 0. The molecule has 0 unspecified atom stereocenters. The molecule has 6 heteroatoms. The molecule has 142 valence electrons. The number of rotatable bonds is 4. The van der Waals surface area contributed by atoms with Crippen LogP contribution in [0.5, 0.6) is 0 Å². The van der Waals surface area contributed by atoms with Crippen molar-refractivity contribution in [2.75, 3.05) is 0 Å². The van der Waals surface area contributed by atoms with Gasteiger partial charge in [-0.15, -0.1) is 34.0 Å². The molecule has 3 aromatic carbocycles. The first kappa shape index (κ1) is 20.3. The summed E-state index contributed by atoms with van der Waals surface area (Å²) in [5.41, 5.74) is 6.99. The van der Waals surface area contributed by atoms with Gasteiger partial charge < -0.3 is 9.13 Å². The number of para-hydroxylation sites is 4. The van der Waals surface area contributed by atoms with Gasteiger partial charge in [-0.2, -0.15) is 0 Å². The van der Waals surface area contributed by atoms with E-state index in [1.165, 1.54) is 11.1 Å². The highest BCUT2D eigenvalue weighted by atomic mass is 79.9. The van der Waals surface area contributed by atoms with Crippen molar-refractivity contribution >= 4 is 56.0 Å². The highest BCUT2D eigenvalue weighted by Crippen LogP contribution is 2.19. The smallest absolute Gasteiger partial charge is 0.0961 e. The summed E-state index contributed by atoms with van der Waals surface area (Å²) >= 11 is 0. The quantitative estimate of drug-likeness (QED) is 0.321. The molecule has 5 aromatic rings. The van der Waals surface area contributed by atoms with Gasteiger partial charge in [-0.3, -0.25) is 0 Å². The summed E-state index contributed by atoms with van der Waals surface area (Å²) in [6.45, 7) is 1.62. The molecule has 0 saturated carbocycles. The zero-order valence-electron chi connectivity index (χ0n) is 15.1. The second-order valence-electron chi connectivity index (χ2n) is 6.49. The number of aromatic nitrogens is 4. The van der Waals surface area contributed by atoms with Gasteiger partial charge >= 0.3 is 0 Å². The van der Waals surface area contributed by atoms with Crippen molar-refractivity contribution in [2.24, 2.45) is 0 Å². The van der Waals surface area contributed by atoms with Gasteiger partial charge in [-0.25, -0.2) is 9.97 Å². The molecule has 0 radical (unpaired) electrons. The van der Waals surface area contributed by atoms with Crippen molar-refractivity contribution in [1.82, 2.24) is 19.1 Å². The molecular formula is C22H20Br2N4. The second-order valence-corrected chi connectivity index (χ2v) is 6.49. The molecule has 28 heavy (non-hydrogen) atoms. The molecule has 5 rings (SSSR count). The first-order chi connectivity index (χ1) is 12.9. The summed E-state index contributed by atoms with van der Waals surface area (Å²) in [6, 6.07) is 25.1. The molecule has 0 aliphatic carbocycles. The van der Waals surface area contributed by atoms with Crippen molar-refractivity contribution in [3.8, 4) is 0 Å². The van der Waals surface area contributed by atoms with E-state index >= 15 is 0 Å². The molecule has 2 aromatic heterocycles. The van der Waals surface area contributed by atoms with E-state index in [-0.39, 0.29) is 34.0 Å². The zero-order valence-corrected chi connectivity index (χ0v) is 18.5. The fraction of sp³-hybridized carbons (Fsp3) is 0.0909. The molecule has 0 saturated heterocycles. The predicted molar refractivity (Wildman–Crippen MR) is 125 cm³/mol. The lowest BCUT2D eigenvalue weighted by Crippen LogP contribution is -2.05. The lowest BCUT2D eigenvalue weighted by Gasteiger charge is -2.12. The molecule has 2 heterocycles. The van der Waals surface area contributed by atoms with E-state index in [1.54, 1.807) is 0 Å². The van der Waals surface area contributed by atoms with Gasteiger partial charge in [0.25, 0.3) is 0 Å². The van der Waals surface area contributed by atoms with E-state index in [2.05, 4.69) is 79.8 Å². The topological polar surface area (TPSA) is 35.6 Å². The van der Waals surface area contributed by atoms with Crippen LogP contribution in [0.15, 0.2) is 85.5 Å². The zero-order chi connectivity index (χ0) is 17.3. The predicted octanol–water partition coefficient (Wildman–Crippen LogP) is 5.64. The summed E-state index contributed by atoms with van der Waals surface area (Å²) in [7, 11) is 0. The average Bonchev–Trinajstić information content (AvgIpc) is 3.28. The lowest BCUT2D eigenvalue weighted by molar-refractivity contribution is 0.773. The standard InChI is InChI=1S/C22H18N4.2BrH/c1-2-8-18(14-26-16-24-20-10-4-6-12-22(20)26)17(7-1)13-25-15-23-19-9-3-5-11-21(19)25;;/h1-12,15-16H,13-14H2;2*1H. The number of halogens is 2. The van der Waals surface area contributed by atoms with Crippen LogP contribution in [0.25, 0.3) is 22.1 Å². The van der Waals surface area contributed by atoms with Crippen LogP contribution in [0, 0.1) is 0 Å². The maximum atomic E-state index is 4.51. The summed E-state index contributed by atoms with van der Waals surface area (Å²) < 4.78 is 4.42. The number of nitrogens with zero attached hydrogens (tertiary/aromatic N) is 4. The summed E-state index contributed by atoms with van der Waals surface area (Å²) in [6.07, 6.45) is 3.85. The Morgan fingerprint density at radius 1 is 0.536 bits per heavy atom. The molecule has 0 spiro atoms. The van der Waals surface area contributed by atoms with Crippen LogP contribution in [0.3, 0.4) is 0 Å². The maximum absolute atomic E-state index is 4.51. The first-order valence-corrected chi connectivity index (χ1v) is 8.75. The lowest BCUT2D eigenvalue weighted by atomic mass is 10.1. The minimum Gasteiger partial charge on any atom is -0.326 e. The number of hydrogen-bond acceptors (Lipinski definition) is 2. The van der Waals surface area contributed by atoms with E-state index in [1.807, 2.05) is 24.8 Å². The largest absolute Gasteiger partial charge is 0.326 e. The van der Waals surface area contributed by atoms with Crippen LogP contribution >= 0.6 is 34.0 Å². The highest BCUT2D eigenvalue weighted by molar-refractivity contribution is 8.93. The Morgan fingerprint density at radius 3 is 1.39 bits per heavy atom. The third kappa shape index (κ3) is 3.75. The molecule has 0 amide bonds. The Bertz CT molecular complexity index is 1110. The third-order valence-corrected chi connectivity index (χ3v) is 4.85. The van der Waals surface area contributed by atoms with Crippen molar-refractivity contribution in [1.29, 1.82) is 0 Å². The Labute approximate surface area is 184 Å². The second kappa shape index (κ2) is 8.71. The van der Waals surface area contributed by atoms with Gasteiger partial charge in [0.2, 0.25) is 0 Å². The molecule has 4 nitrogen and oxygen atoms in total. The van der Waals surface area contributed by atoms with E-state index in [9.17, 15) is 0 Å². The van der Waals surface area contributed by atoms with Gasteiger partial charge in [-0.1, -0.05) is 48.5 Å². The summed E-state index contributed by atoms with van der Waals surface area (Å²) in [5.74, 6) is 0. The summed E-state index contributed by atoms with van der Waals surface area (Å²) in [4.78, 5) is 9.02. The highest BCUT2D eigenvalue weighted by Gasteiger charge is 2.08. The number of hydrogen-bond donors (Lipinski definition) is 0. The SMILES string of the molecule is Br.Br.c1ccc(Cn2cnc3ccccc32)c(Cn2cnc3ccccc32)c1. The van der Waals surface area contributed by atoms with E-state index in [4.69, 9.17) is 0 Å². The van der Waals surface area contributed by atoms with Gasteiger partial charge in [0.1, 0.15) is 0 Å². The minimum absolute atomic E-state index is 0. The molecule has 0 fully saturated rings. The van der Waals surface area contributed by atoms with Crippen molar-refractivity contribution in [3.63, 3.8) is 0 Å². The normalized spacial score (nSPS) is 10.6. The van der Waals surface area contributed by atoms with E-state index in [0.717, 1.165) is 35.2 Å². The maximum Gasteiger partial charge on any atom is 0.0961 e. The monoisotopic (exact) mass is 498 g/mol. The Kier molecular flexibility index (Phi) is 6.31. The molecule has 0 aliphatic heterocycles. The van der Waals surface area contributed by atoms with E-state index in [0.29, 0.717) is 0 Å². The molecule has 0 N–H and O–H groups in total. The van der Waals surface area contributed by atoms with Gasteiger partial charge in [0.05, 0.1) is 34.7 Å². The fourth-order valence-corrected chi connectivity index (χ4v) is 3.51.